The lowest BCUT2D eigenvalue weighted by Gasteiger charge is -2.18. The second kappa shape index (κ2) is 6.46. The lowest BCUT2D eigenvalue weighted by molar-refractivity contribution is 0.538. The number of halogens is 2. The minimum Gasteiger partial charge on any atom is -0.310 e. The van der Waals surface area contributed by atoms with Crippen LogP contribution in [0, 0.1) is 12.7 Å². The maximum Gasteiger partial charge on any atom is 0.123 e. The van der Waals surface area contributed by atoms with Gasteiger partial charge in [0, 0.05) is 22.9 Å². The molecule has 0 aliphatic heterocycles. The molecule has 0 saturated carbocycles. The van der Waals surface area contributed by atoms with Crippen molar-refractivity contribution in [2.24, 2.45) is 0 Å². The Morgan fingerprint density at radius 3 is 2.89 bits per heavy atom. The molecule has 0 bridgehead atoms. The summed E-state index contributed by atoms with van der Waals surface area (Å²) in [5.41, 5.74) is 1.79. The zero-order chi connectivity index (χ0) is 13.8. The first-order chi connectivity index (χ1) is 9.10. The molecule has 1 atom stereocenters. The van der Waals surface area contributed by atoms with Gasteiger partial charge >= 0.3 is 0 Å². The molecule has 2 rings (SSSR count). The number of benzene rings is 1. The van der Waals surface area contributed by atoms with E-state index in [4.69, 9.17) is 11.6 Å². The number of hydrogen-bond donors (Lipinski definition) is 1. The quantitative estimate of drug-likeness (QED) is 0.897. The van der Waals surface area contributed by atoms with Gasteiger partial charge in [0.1, 0.15) is 5.82 Å². The van der Waals surface area contributed by atoms with Crippen LogP contribution in [0.3, 0.4) is 0 Å². The average Bonchev–Trinajstić information content (AvgIpc) is 2.77. The molecule has 1 heterocycles. The fourth-order valence-corrected chi connectivity index (χ4v) is 2.91. The van der Waals surface area contributed by atoms with E-state index in [0.717, 1.165) is 22.8 Å². The number of nitrogens with zero attached hydrogens (tertiary/aromatic N) is 1. The van der Waals surface area contributed by atoms with Crippen molar-refractivity contribution in [3.8, 4) is 0 Å². The van der Waals surface area contributed by atoms with Crippen LogP contribution in [0.5, 0.6) is 0 Å². The maximum absolute atomic E-state index is 13.4. The van der Waals surface area contributed by atoms with Gasteiger partial charge in [-0.25, -0.2) is 9.37 Å². The van der Waals surface area contributed by atoms with Crippen LogP contribution in [0.1, 0.15) is 29.2 Å². The van der Waals surface area contributed by atoms with E-state index in [1.807, 2.05) is 19.2 Å². The second-order valence-corrected chi connectivity index (χ2v) is 5.81. The zero-order valence-corrected chi connectivity index (χ0v) is 12.5. The van der Waals surface area contributed by atoms with Crippen LogP contribution < -0.4 is 5.32 Å². The van der Waals surface area contributed by atoms with E-state index in [0.29, 0.717) is 11.4 Å². The molecule has 0 amide bonds. The van der Waals surface area contributed by atoms with Gasteiger partial charge in [0.2, 0.25) is 0 Å². The van der Waals surface area contributed by atoms with Crippen LogP contribution in [-0.4, -0.2) is 11.5 Å². The van der Waals surface area contributed by atoms with Crippen molar-refractivity contribution in [3.05, 3.63) is 50.7 Å². The highest BCUT2D eigenvalue weighted by molar-refractivity contribution is 7.09. The number of rotatable bonds is 5. The first kappa shape index (κ1) is 14.4. The van der Waals surface area contributed by atoms with Crippen molar-refractivity contribution in [3.63, 3.8) is 0 Å². The maximum atomic E-state index is 13.4. The second-order valence-electron chi connectivity index (χ2n) is 4.34. The number of aromatic nitrogens is 1. The molecular weight excluding hydrogens is 283 g/mol. The molecule has 19 heavy (non-hydrogen) atoms. The largest absolute Gasteiger partial charge is 0.310 e. The third-order valence-electron chi connectivity index (χ3n) is 2.86. The molecular formula is C14H16ClFN2S. The summed E-state index contributed by atoms with van der Waals surface area (Å²) in [6.45, 7) is 4.79. The van der Waals surface area contributed by atoms with Crippen molar-refractivity contribution in [2.75, 3.05) is 6.54 Å². The predicted octanol–water partition coefficient (Wildman–Crippen LogP) is 4.14. The van der Waals surface area contributed by atoms with Gasteiger partial charge in [-0.05, 0) is 37.2 Å². The topological polar surface area (TPSA) is 24.9 Å². The van der Waals surface area contributed by atoms with Gasteiger partial charge in [-0.15, -0.1) is 11.3 Å². The van der Waals surface area contributed by atoms with Gasteiger partial charge in [0.05, 0.1) is 10.7 Å². The molecule has 0 aliphatic rings. The van der Waals surface area contributed by atoms with Crippen molar-refractivity contribution in [1.82, 2.24) is 10.3 Å². The molecule has 0 aliphatic carbocycles. The molecule has 1 aromatic heterocycles. The summed E-state index contributed by atoms with van der Waals surface area (Å²) >= 11 is 7.79. The average molecular weight is 299 g/mol. The Bertz CT molecular complexity index is 556. The van der Waals surface area contributed by atoms with Gasteiger partial charge in [-0.2, -0.15) is 0 Å². The van der Waals surface area contributed by atoms with E-state index >= 15 is 0 Å². The van der Waals surface area contributed by atoms with Gasteiger partial charge in [-0.1, -0.05) is 18.5 Å². The number of likely N-dealkylation sites (N-methyl/N-ethyl adjacent to an activating group) is 1. The lowest BCUT2D eigenvalue weighted by Crippen LogP contribution is -2.23. The van der Waals surface area contributed by atoms with Crippen LogP contribution in [0.25, 0.3) is 0 Å². The zero-order valence-electron chi connectivity index (χ0n) is 10.9. The normalized spacial score (nSPS) is 12.6. The Morgan fingerprint density at radius 1 is 1.47 bits per heavy atom. The highest BCUT2D eigenvalue weighted by Crippen LogP contribution is 2.27. The highest BCUT2D eigenvalue weighted by Gasteiger charge is 2.16. The van der Waals surface area contributed by atoms with E-state index < -0.39 is 0 Å². The lowest BCUT2D eigenvalue weighted by atomic mass is 10.0. The van der Waals surface area contributed by atoms with E-state index in [1.54, 1.807) is 17.4 Å². The summed E-state index contributed by atoms with van der Waals surface area (Å²) in [4.78, 5) is 4.45. The summed E-state index contributed by atoms with van der Waals surface area (Å²) in [5.74, 6) is -0.267. The Hall–Kier alpha value is -0.970. The molecule has 0 spiro atoms. The van der Waals surface area contributed by atoms with Crippen LogP contribution in [0.2, 0.25) is 5.02 Å². The van der Waals surface area contributed by atoms with E-state index in [9.17, 15) is 4.39 Å². The third-order valence-corrected chi connectivity index (χ3v) is 4.03. The van der Waals surface area contributed by atoms with E-state index in [2.05, 4.69) is 10.3 Å². The molecule has 1 aromatic carbocycles. The van der Waals surface area contributed by atoms with E-state index in [1.165, 1.54) is 12.1 Å². The minimum absolute atomic E-state index is 0.0188. The standard InChI is InChI=1S/C14H16ClFN2S/c1-3-17-14(7-11-8-19-9(2)18-11)12-6-10(16)4-5-13(12)15/h4-6,8,14,17H,3,7H2,1-2H3. The molecule has 5 heteroatoms. The fourth-order valence-electron chi connectivity index (χ4n) is 2.03. The van der Waals surface area contributed by atoms with Gasteiger partial charge in [-0.3, -0.25) is 0 Å². The summed E-state index contributed by atoms with van der Waals surface area (Å²) in [5, 5.41) is 6.99. The minimum atomic E-state index is -0.267. The SMILES string of the molecule is CCNC(Cc1csc(C)n1)c1cc(F)ccc1Cl. The molecule has 0 radical (unpaired) electrons. The van der Waals surface area contributed by atoms with E-state index in [-0.39, 0.29) is 11.9 Å². The molecule has 102 valence electrons. The highest BCUT2D eigenvalue weighted by atomic mass is 35.5. The molecule has 1 N–H and O–H groups in total. The van der Waals surface area contributed by atoms with Crippen molar-refractivity contribution in [2.45, 2.75) is 26.3 Å². The fraction of sp³-hybridized carbons (Fsp3) is 0.357. The summed E-state index contributed by atoms with van der Waals surface area (Å²) in [7, 11) is 0. The Morgan fingerprint density at radius 2 is 2.26 bits per heavy atom. The van der Waals surface area contributed by atoms with Crippen molar-refractivity contribution in [1.29, 1.82) is 0 Å². The van der Waals surface area contributed by atoms with Crippen LogP contribution in [-0.2, 0) is 6.42 Å². The number of hydrogen-bond acceptors (Lipinski definition) is 3. The van der Waals surface area contributed by atoms with Crippen molar-refractivity contribution >= 4 is 22.9 Å². The monoisotopic (exact) mass is 298 g/mol. The molecule has 2 nitrogen and oxygen atoms in total. The first-order valence-corrected chi connectivity index (χ1v) is 7.45. The summed E-state index contributed by atoms with van der Waals surface area (Å²) < 4.78 is 13.4. The van der Waals surface area contributed by atoms with Gasteiger partial charge < -0.3 is 5.32 Å². The molecule has 2 aromatic rings. The third kappa shape index (κ3) is 3.75. The smallest absolute Gasteiger partial charge is 0.123 e. The van der Waals surface area contributed by atoms with Gasteiger partial charge in [0.15, 0.2) is 0 Å². The Balaban J connectivity index is 2.26. The number of aryl methyl sites for hydroxylation is 1. The van der Waals surface area contributed by atoms with Crippen LogP contribution >= 0.6 is 22.9 Å². The first-order valence-electron chi connectivity index (χ1n) is 6.19. The van der Waals surface area contributed by atoms with Gasteiger partial charge in [0.25, 0.3) is 0 Å². The predicted molar refractivity (Wildman–Crippen MR) is 78.4 cm³/mol. The number of nitrogens with one attached hydrogen (secondary N) is 1. The van der Waals surface area contributed by atoms with Crippen LogP contribution in [0.4, 0.5) is 4.39 Å². The van der Waals surface area contributed by atoms with Crippen molar-refractivity contribution < 1.29 is 4.39 Å². The van der Waals surface area contributed by atoms with Crippen LogP contribution in [0.15, 0.2) is 23.6 Å². The summed E-state index contributed by atoms with van der Waals surface area (Å²) in [6.07, 6.45) is 0.710. The molecule has 0 fully saturated rings. The Kier molecular flexibility index (Phi) is 4.91. The molecule has 0 saturated heterocycles. The molecule has 1 unspecified atom stereocenters. The number of thiazole rings is 1. The summed E-state index contributed by atoms with van der Waals surface area (Å²) in [6, 6.07) is 4.45. The Labute approximate surface area is 121 Å².